The lowest BCUT2D eigenvalue weighted by atomic mass is 10.1. The summed E-state index contributed by atoms with van der Waals surface area (Å²) in [5.41, 5.74) is 2.52. The van der Waals surface area contributed by atoms with Crippen molar-refractivity contribution >= 4 is 45.8 Å². The number of carbonyl (C=O) groups is 2. The van der Waals surface area contributed by atoms with Crippen molar-refractivity contribution in [3.05, 3.63) is 94.4 Å². The molecule has 0 aliphatic heterocycles. The zero-order valence-electron chi connectivity index (χ0n) is 20.6. The number of nitrogens with zero attached hydrogens (tertiary/aromatic N) is 3. The van der Waals surface area contributed by atoms with Crippen molar-refractivity contribution in [2.24, 2.45) is 0 Å². The Bertz CT molecular complexity index is 1430. The molecule has 3 aromatic carbocycles. The van der Waals surface area contributed by atoms with Gasteiger partial charge in [0.15, 0.2) is 0 Å². The van der Waals surface area contributed by atoms with Crippen LogP contribution in [0.5, 0.6) is 0 Å². The van der Waals surface area contributed by atoms with Crippen LogP contribution in [-0.4, -0.2) is 54.3 Å². The first kappa shape index (κ1) is 26.1. The lowest BCUT2D eigenvalue weighted by Gasteiger charge is -2.21. The Labute approximate surface area is 219 Å². The fourth-order valence-electron chi connectivity index (χ4n) is 3.94. The fraction of sp³-hybridized carbons (Fsp3) is 0.214. The smallest absolute Gasteiger partial charge is 0.308 e. The fourth-order valence-corrected chi connectivity index (χ4v) is 4.19. The Morgan fingerprint density at radius 1 is 1.03 bits per heavy atom. The highest BCUT2D eigenvalue weighted by atomic mass is 35.5. The molecular weight excluding hydrogens is 492 g/mol. The molecule has 0 fully saturated rings. The highest BCUT2D eigenvalue weighted by molar-refractivity contribution is 6.30. The third-order valence-electron chi connectivity index (χ3n) is 5.89. The van der Waals surface area contributed by atoms with Crippen LogP contribution in [0.25, 0.3) is 10.8 Å². The van der Waals surface area contributed by atoms with Crippen molar-refractivity contribution in [1.29, 1.82) is 0 Å². The van der Waals surface area contributed by atoms with Crippen LogP contribution < -0.4 is 10.2 Å². The van der Waals surface area contributed by atoms with Gasteiger partial charge >= 0.3 is 5.97 Å². The summed E-state index contributed by atoms with van der Waals surface area (Å²) in [7, 11) is 3.40. The average molecular weight is 519 g/mol. The second kappa shape index (κ2) is 11.8. The summed E-state index contributed by atoms with van der Waals surface area (Å²) in [6.07, 6.45) is 0.106. The summed E-state index contributed by atoms with van der Waals surface area (Å²) >= 11 is 6.38. The summed E-state index contributed by atoms with van der Waals surface area (Å²) in [6, 6.07) is 20.9. The van der Waals surface area contributed by atoms with Crippen molar-refractivity contribution in [1.82, 2.24) is 9.97 Å². The number of aliphatic carboxylic acids is 1. The van der Waals surface area contributed by atoms with E-state index in [1.165, 1.54) is 0 Å². The Morgan fingerprint density at radius 2 is 1.76 bits per heavy atom. The van der Waals surface area contributed by atoms with E-state index >= 15 is 0 Å². The molecule has 1 amide bonds. The number of amides is 1. The molecular formula is C28H27ClN4O4. The molecule has 0 radical (unpaired) electrons. The van der Waals surface area contributed by atoms with Crippen molar-refractivity contribution in [2.75, 3.05) is 37.5 Å². The van der Waals surface area contributed by atoms with Crippen LogP contribution >= 0.6 is 11.6 Å². The standard InChI is InChI=1S/C28H27ClN4O4/c1-33(13-14-37-2)27-23(17-25(34)35)26(29)31-24(32-27)15-18-7-11-22(12-8-18)30-28(36)21-10-9-19-5-3-4-6-20(19)16-21/h3-12,16H,13-15,17H2,1-2H3,(H,30,36)(H,34,35). The summed E-state index contributed by atoms with van der Waals surface area (Å²) < 4.78 is 5.13. The van der Waals surface area contributed by atoms with E-state index < -0.39 is 5.97 Å². The zero-order valence-corrected chi connectivity index (χ0v) is 21.3. The number of benzene rings is 3. The molecule has 1 aromatic heterocycles. The number of likely N-dealkylation sites (N-methyl/N-ethyl adjacent to an activating group) is 1. The highest BCUT2D eigenvalue weighted by Crippen LogP contribution is 2.26. The van der Waals surface area contributed by atoms with E-state index in [0.717, 1.165) is 16.3 Å². The molecule has 37 heavy (non-hydrogen) atoms. The predicted molar refractivity (Wildman–Crippen MR) is 145 cm³/mol. The number of carboxylic acids is 1. The Morgan fingerprint density at radius 3 is 2.46 bits per heavy atom. The maximum Gasteiger partial charge on any atom is 0.308 e. The number of nitrogens with one attached hydrogen (secondary N) is 1. The number of ether oxygens (including phenoxy) is 1. The highest BCUT2D eigenvalue weighted by Gasteiger charge is 2.19. The first-order valence-electron chi connectivity index (χ1n) is 11.7. The van der Waals surface area contributed by atoms with E-state index in [4.69, 9.17) is 16.3 Å². The molecule has 4 rings (SSSR count). The van der Waals surface area contributed by atoms with Crippen LogP contribution in [0.15, 0.2) is 66.7 Å². The topological polar surface area (TPSA) is 105 Å². The number of hydrogen-bond acceptors (Lipinski definition) is 6. The molecule has 0 atom stereocenters. The van der Waals surface area contributed by atoms with Gasteiger partial charge in [0, 0.05) is 43.9 Å². The zero-order chi connectivity index (χ0) is 26.4. The summed E-state index contributed by atoms with van der Waals surface area (Å²) in [5, 5.41) is 14.4. The van der Waals surface area contributed by atoms with Crippen LogP contribution in [0.1, 0.15) is 27.3 Å². The molecule has 9 heteroatoms. The van der Waals surface area contributed by atoms with E-state index in [9.17, 15) is 14.7 Å². The first-order chi connectivity index (χ1) is 17.8. The van der Waals surface area contributed by atoms with Gasteiger partial charge < -0.3 is 20.1 Å². The number of halogens is 1. The van der Waals surface area contributed by atoms with E-state index in [1.807, 2.05) is 71.6 Å². The van der Waals surface area contributed by atoms with Crippen LogP contribution in [0.2, 0.25) is 5.15 Å². The predicted octanol–water partition coefficient (Wildman–Crippen LogP) is 4.84. The number of anilines is 2. The average Bonchev–Trinajstić information content (AvgIpc) is 2.89. The first-order valence-corrected chi connectivity index (χ1v) is 12.1. The van der Waals surface area contributed by atoms with E-state index in [2.05, 4.69) is 15.3 Å². The SMILES string of the molecule is COCCN(C)c1nc(Cc2ccc(NC(=O)c3ccc4ccccc4c3)cc2)nc(Cl)c1CC(=O)O. The third-order valence-corrected chi connectivity index (χ3v) is 6.20. The van der Waals surface area contributed by atoms with Crippen LogP contribution in [0, 0.1) is 0 Å². The van der Waals surface area contributed by atoms with Gasteiger partial charge in [-0.25, -0.2) is 9.97 Å². The molecule has 2 N–H and O–H groups in total. The number of carbonyl (C=O) groups excluding carboxylic acids is 1. The molecule has 0 saturated heterocycles. The molecule has 190 valence electrons. The summed E-state index contributed by atoms with van der Waals surface area (Å²) in [5.74, 6) is -0.271. The van der Waals surface area contributed by atoms with Crippen molar-refractivity contribution in [3.8, 4) is 0 Å². The normalized spacial score (nSPS) is 10.9. The van der Waals surface area contributed by atoms with Crippen LogP contribution in [-0.2, 0) is 22.4 Å². The molecule has 4 aromatic rings. The maximum atomic E-state index is 12.8. The number of fused-ring (bicyclic) bond motifs is 1. The second-order valence-electron chi connectivity index (χ2n) is 8.61. The molecule has 0 saturated carbocycles. The van der Waals surface area contributed by atoms with Crippen molar-refractivity contribution in [3.63, 3.8) is 0 Å². The lowest BCUT2D eigenvalue weighted by molar-refractivity contribution is -0.136. The van der Waals surface area contributed by atoms with Gasteiger partial charge in [0.25, 0.3) is 5.91 Å². The maximum absolute atomic E-state index is 12.8. The number of methoxy groups -OCH3 is 1. The Hall–Kier alpha value is -4.01. The van der Waals surface area contributed by atoms with Gasteiger partial charge in [-0.15, -0.1) is 0 Å². The molecule has 8 nitrogen and oxygen atoms in total. The van der Waals surface area contributed by atoms with Gasteiger partial charge in [-0.3, -0.25) is 9.59 Å². The van der Waals surface area contributed by atoms with Gasteiger partial charge in [0.1, 0.15) is 16.8 Å². The minimum absolute atomic E-state index is 0.117. The number of carboxylic acid groups (broad SMARTS) is 1. The number of aromatic nitrogens is 2. The van der Waals surface area contributed by atoms with Gasteiger partial charge in [0.05, 0.1) is 13.0 Å². The number of hydrogen-bond donors (Lipinski definition) is 2. The van der Waals surface area contributed by atoms with Crippen molar-refractivity contribution < 1.29 is 19.4 Å². The minimum atomic E-state index is -1.01. The molecule has 0 bridgehead atoms. The molecule has 0 aliphatic carbocycles. The van der Waals surface area contributed by atoms with Gasteiger partial charge in [-0.05, 0) is 40.6 Å². The summed E-state index contributed by atoms with van der Waals surface area (Å²) in [4.78, 5) is 34.9. The molecule has 0 unspecified atom stereocenters. The summed E-state index contributed by atoms with van der Waals surface area (Å²) in [6.45, 7) is 0.966. The second-order valence-corrected chi connectivity index (χ2v) is 8.97. The largest absolute Gasteiger partial charge is 0.481 e. The monoisotopic (exact) mass is 518 g/mol. The van der Waals surface area contributed by atoms with Crippen molar-refractivity contribution in [2.45, 2.75) is 12.8 Å². The van der Waals surface area contributed by atoms with Crippen LogP contribution in [0.4, 0.5) is 11.5 Å². The van der Waals surface area contributed by atoms with Crippen LogP contribution in [0.3, 0.4) is 0 Å². The quantitative estimate of drug-likeness (QED) is 0.289. The molecule has 0 spiro atoms. The van der Waals surface area contributed by atoms with E-state index in [0.29, 0.717) is 48.0 Å². The minimum Gasteiger partial charge on any atom is -0.481 e. The molecule has 1 heterocycles. The Balaban J connectivity index is 1.49. The van der Waals surface area contributed by atoms with Gasteiger partial charge in [0.2, 0.25) is 0 Å². The van der Waals surface area contributed by atoms with Gasteiger partial charge in [-0.1, -0.05) is 54.1 Å². The number of rotatable bonds is 10. The van der Waals surface area contributed by atoms with E-state index in [-0.39, 0.29) is 17.5 Å². The third kappa shape index (κ3) is 6.61. The molecule has 0 aliphatic rings. The van der Waals surface area contributed by atoms with E-state index in [1.54, 1.807) is 14.2 Å². The van der Waals surface area contributed by atoms with Gasteiger partial charge in [-0.2, -0.15) is 0 Å². The Kier molecular flexibility index (Phi) is 8.32. The lowest BCUT2D eigenvalue weighted by Crippen LogP contribution is -2.26.